The zero-order valence-electron chi connectivity index (χ0n) is 21.7. The van der Waals surface area contributed by atoms with Crippen molar-refractivity contribution in [2.75, 3.05) is 18.0 Å². The topological polar surface area (TPSA) is 98.4 Å². The fourth-order valence-corrected chi connectivity index (χ4v) is 5.51. The molecular formula is C31H30N8. The van der Waals surface area contributed by atoms with Crippen LogP contribution < -0.4 is 10.2 Å². The number of rotatable bonds is 7. The molecule has 194 valence electrons. The average Bonchev–Trinajstić information content (AvgIpc) is 3.62. The zero-order chi connectivity index (χ0) is 26.0. The van der Waals surface area contributed by atoms with Crippen molar-refractivity contribution in [1.29, 1.82) is 0 Å². The van der Waals surface area contributed by atoms with Gasteiger partial charge in [-0.05, 0) is 48.6 Å². The van der Waals surface area contributed by atoms with Crippen molar-refractivity contribution in [3.8, 4) is 22.5 Å². The molecule has 1 aliphatic heterocycles. The summed E-state index contributed by atoms with van der Waals surface area (Å²) < 4.78 is 0. The van der Waals surface area contributed by atoms with Gasteiger partial charge in [-0.3, -0.25) is 15.1 Å². The van der Waals surface area contributed by atoms with Gasteiger partial charge in [0.2, 0.25) is 0 Å². The van der Waals surface area contributed by atoms with Gasteiger partial charge in [0.05, 0.1) is 29.3 Å². The lowest BCUT2D eigenvalue weighted by molar-refractivity contribution is 0.578. The number of H-pyrrole nitrogens is 2. The first-order chi connectivity index (χ1) is 19.3. The monoisotopic (exact) mass is 514 g/mol. The number of hydrogen-bond donors (Lipinski definition) is 3. The summed E-state index contributed by atoms with van der Waals surface area (Å²) in [4.78, 5) is 19.7. The van der Waals surface area contributed by atoms with Crippen LogP contribution in [0, 0.1) is 0 Å². The van der Waals surface area contributed by atoms with Gasteiger partial charge in [0.1, 0.15) is 5.69 Å². The number of aromatic nitrogens is 6. The molecule has 0 atom stereocenters. The summed E-state index contributed by atoms with van der Waals surface area (Å²) in [6.45, 7) is 3.71. The van der Waals surface area contributed by atoms with Gasteiger partial charge in [-0.25, -0.2) is 4.98 Å². The Kier molecular flexibility index (Phi) is 6.22. The summed E-state index contributed by atoms with van der Waals surface area (Å²) in [5, 5.41) is 13.4. The molecule has 8 nitrogen and oxygen atoms in total. The van der Waals surface area contributed by atoms with Crippen molar-refractivity contribution in [1.82, 2.24) is 35.5 Å². The molecule has 0 radical (unpaired) electrons. The van der Waals surface area contributed by atoms with E-state index in [1.807, 2.05) is 37.1 Å². The smallest absolute Gasteiger partial charge is 0.155 e. The first-order valence-electron chi connectivity index (χ1n) is 13.6. The lowest BCUT2D eigenvalue weighted by Crippen LogP contribution is -2.29. The summed E-state index contributed by atoms with van der Waals surface area (Å²) in [6, 6.07) is 16.9. The largest absolute Gasteiger partial charge is 0.370 e. The van der Waals surface area contributed by atoms with Crippen molar-refractivity contribution in [3.63, 3.8) is 0 Å². The molecule has 1 fully saturated rings. The molecule has 0 amide bonds. The Morgan fingerprint density at radius 1 is 0.769 bits per heavy atom. The molecule has 6 aromatic rings. The second kappa shape index (κ2) is 10.3. The Balaban J connectivity index is 1.18. The summed E-state index contributed by atoms with van der Waals surface area (Å²) in [7, 11) is 0. The van der Waals surface area contributed by atoms with Crippen LogP contribution >= 0.6 is 0 Å². The number of nitrogens with zero attached hydrogens (tertiary/aromatic N) is 5. The van der Waals surface area contributed by atoms with Gasteiger partial charge in [0.25, 0.3) is 0 Å². The Morgan fingerprint density at radius 3 is 2.49 bits per heavy atom. The highest BCUT2D eigenvalue weighted by Gasteiger charge is 2.18. The molecule has 0 saturated carbocycles. The number of nitrogens with one attached hydrogen (secondary N) is 3. The minimum absolute atomic E-state index is 0.741. The van der Waals surface area contributed by atoms with Gasteiger partial charge >= 0.3 is 0 Å². The van der Waals surface area contributed by atoms with E-state index < -0.39 is 0 Å². The number of aromatic amines is 2. The maximum absolute atomic E-state index is 4.68. The molecule has 6 heterocycles. The molecule has 8 heteroatoms. The maximum atomic E-state index is 4.68. The molecule has 0 spiro atoms. The average molecular weight is 515 g/mol. The van der Waals surface area contributed by atoms with Crippen LogP contribution in [0.1, 0.15) is 30.4 Å². The molecule has 0 aliphatic carbocycles. The van der Waals surface area contributed by atoms with E-state index in [-0.39, 0.29) is 0 Å². The van der Waals surface area contributed by atoms with Crippen LogP contribution in [0.4, 0.5) is 5.69 Å². The summed E-state index contributed by atoms with van der Waals surface area (Å²) >= 11 is 0. The van der Waals surface area contributed by atoms with E-state index in [9.17, 15) is 0 Å². The lowest BCUT2D eigenvalue weighted by Gasteiger charge is -2.28. The first kappa shape index (κ1) is 23.5. The summed E-state index contributed by atoms with van der Waals surface area (Å²) in [5.41, 5.74) is 9.22. The molecular weight excluding hydrogens is 484 g/mol. The molecule has 5 aromatic heterocycles. The predicted molar refractivity (Wildman–Crippen MR) is 155 cm³/mol. The Morgan fingerprint density at radius 2 is 1.59 bits per heavy atom. The van der Waals surface area contributed by atoms with E-state index in [1.165, 1.54) is 35.9 Å². The maximum Gasteiger partial charge on any atom is 0.155 e. The van der Waals surface area contributed by atoms with Gasteiger partial charge in [0.15, 0.2) is 5.65 Å². The number of fused-ring (bicyclic) bond motifs is 2. The summed E-state index contributed by atoms with van der Waals surface area (Å²) in [5.74, 6) is 0. The van der Waals surface area contributed by atoms with E-state index in [2.05, 4.69) is 82.8 Å². The third-order valence-electron chi connectivity index (χ3n) is 7.52. The molecule has 1 aromatic carbocycles. The van der Waals surface area contributed by atoms with Crippen LogP contribution in [0.3, 0.4) is 0 Å². The highest BCUT2D eigenvalue weighted by molar-refractivity contribution is 5.99. The second-order valence-corrected chi connectivity index (χ2v) is 10.2. The van der Waals surface area contributed by atoms with Crippen LogP contribution in [-0.2, 0) is 13.1 Å². The zero-order valence-corrected chi connectivity index (χ0v) is 21.7. The van der Waals surface area contributed by atoms with E-state index in [0.717, 1.165) is 70.8 Å². The van der Waals surface area contributed by atoms with Crippen molar-refractivity contribution < 1.29 is 0 Å². The Labute approximate surface area is 226 Å². The van der Waals surface area contributed by atoms with Crippen molar-refractivity contribution in [2.24, 2.45) is 0 Å². The highest BCUT2D eigenvalue weighted by atomic mass is 15.2. The summed E-state index contributed by atoms with van der Waals surface area (Å²) in [6.07, 6.45) is 13.3. The molecule has 0 bridgehead atoms. The lowest BCUT2D eigenvalue weighted by atomic mass is 10.1. The van der Waals surface area contributed by atoms with Crippen LogP contribution in [0.15, 0.2) is 79.5 Å². The molecule has 1 aliphatic rings. The molecule has 7 rings (SSSR count). The van der Waals surface area contributed by atoms with Gasteiger partial charge in [-0.1, -0.05) is 30.3 Å². The third-order valence-corrected chi connectivity index (χ3v) is 7.52. The second-order valence-electron chi connectivity index (χ2n) is 10.2. The van der Waals surface area contributed by atoms with Crippen molar-refractivity contribution in [2.45, 2.75) is 32.4 Å². The van der Waals surface area contributed by atoms with E-state index in [0.29, 0.717) is 0 Å². The SMILES string of the molecule is c1ccc(CNCc2cncc(-c3cnc4[nH]nc(-c5cc6c(N7CCCCC7)cncc6[nH]5)c4c3)c2)cc1. The first-order valence-corrected chi connectivity index (χ1v) is 13.6. The molecule has 1 saturated heterocycles. The fourth-order valence-electron chi connectivity index (χ4n) is 5.51. The Bertz CT molecular complexity index is 1730. The predicted octanol–water partition coefficient (Wildman–Crippen LogP) is 5.84. The number of anilines is 1. The number of hydrogen-bond acceptors (Lipinski definition) is 6. The van der Waals surface area contributed by atoms with Crippen LogP contribution in [-0.4, -0.2) is 43.2 Å². The van der Waals surface area contributed by atoms with Gasteiger partial charge in [-0.2, -0.15) is 5.10 Å². The highest BCUT2D eigenvalue weighted by Crippen LogP contribution is 2.34. The molecule has 0 unspecified atom stereocenters. The van der Waals surface area contributed by atoms with Crippen molar-refractivity contribution in [3.05, 3.63) is 90.6 Å². The normalized spacial score (nSPS) is 13.9. The minimum Gasteiger partial charge on any atom is -0.370 e. The van der Waals surface area contributed by atoms with Gasteiger partial charge in [-0.15, -0.1) is 0 Å². The van der Waals surface area contributed by atoms with E-state index >= 15 is 0 Å². The Hall–Kier alpha value is -4.56. The van der Waals surface area contributed by atoms with E-state index in [1.54, 1.807) is 0 Å². The van der Waals surface area contributed by atoms with Crippen molar-refractivity contribution >= 4 is 27.6 Å². The standard InChI is InChI=1S/C31H30N8/c1-3-7-21(8-4-1)14-32-15-22-11-23(17-33-16-22)24-12-26-30(37-38-31(26)35-18-24)27-13-25-28(36-27)19-34-20-29(25)39-9-5-2-6-10-39/h1,3-4,7-8,11-13,16-20,32,36H,2,5-6,9-10,14-15H2,(H,35,37,38). The van der Waals surface area contributed by atoms with E-state index in [4.69, 9.17) is 0 Å². The van der Waals surface area contributed by atoms with Crippen LogP contribution in [0.5, 0.6) is 0 Å². The molecule has 3 N–H and O–H groups in total. The van der Waals surface area contributed by atoms with Crippen LogP contribution in [0.25, 0.3) is 44.5 Å². The van der Waals surface area contributed by atoms with Gasteiger partial charge in [0, 0.05) is 66.7 Å². The van der Waals surface area contributed by atoms with Crippen LogP contribution in [0.2, 0.25) is 0 Å². The molecule has 39 heavy (non-hydrogen) atoms. The number of pyridine rings is 3. The fraction of sp³-hybridized carbons (Fsp3) is 0.226. The quantitative estimate of drug-likeness (QED) is 0.247. The third kappa shape index (κ3) is 4.75. The number of piperidine rings is 1. The minimum atomic E-state index is 0.741. The number of benzene rings is 1. The van der Waals surface area contributed by atoms with Gasteiger partial charge < -0.3 is 15.2 Å².